The lowest BCUT2D eigenvalue weighted by atomic mass is 10.2. The van der Waals surface area contributed by atoms with Crippen LogP contribution in [0.3, 0.4) is 0 Å². The summed E-state index contributed by atoms with van der Waals surface area (Å²) in [6, 6.07) is 14.5. The summed E-state index contributed by atoms with van der Waals surface area (Å²) < 4.78 is 0. The molecule has 1 aromatic carbocycles. The van der Waals surface area contributed by atoms with Crippen molar-refractivity contribution in [3.05, 3.63) is 78.5 Å². The maximum atomic E-state index is 12.5. The highest BCUT2D eigenvalue weighted by molar-refractivity contribution is 6.03. The Morgan fingerprint density at radius 3 is 2.68 bits per heavy atom. The zero-order chi connectivity index (χ0) is 19.3. The number of nitrogens with one attached hydrogen (secondary N) is 2. The average Bonchev–Trinajstić information content (AvgIpc) is 2.73. The van der Waals surface area contributed by atoms with Crippen LogP contribution in [0.25, 0.3) is 11.0 Å². The van der Waals surface area contributed by atoms with Gasteiger partial charge in [-0.2, -0.15) is 0 Å². The zero-order valence-corrected chi connectivity index (χ0v) is 14.8. The van der Waals surface area contributed by atoms with Gasteiger partial charge in [0.15, 0.2) is 0 Å². The van der Waals surface area contributed by atoms with Gasteiger partial charge >= 0.3 is 0 Å². The number of fused-ring (bicyclic) bond motifs is 1. The van der Waals surface area contributed by atoms with Gasteiger partial charge in [0.1, 0.15) is 11.5 Å². The molecule has 4 rings (SSSR count). The first-order valence-electron chi connectivity index (χ1n) is 8.61. The lowest BCUT2D eigenvalue weighted by Crippen LogP contribution is -2.14. The zero-order valence-electron chi connectivity index (χ0n) is 14.8. The van der Waals surface area contributed by atoms with Crippen LogP contribution >= 0.6 is 0 Å². The van der Waals surface area contributed by atoms with Gasteiger partial charge in [-0.25, -0.2) is 9.97 Å². The molecule has 0 atom stereocenters. The van der Waals surface area contributed by atoms with Gasteiger partial charge in [-0.15, -0.1) is 0 Å². The Labute approximate surface area is 160 Å². The molecule has 0 unspecified atom stereocenters. The van der Waals surface area contributed by atoms with E-state index in [0.29, 0.717) is 23.6 Å². The third-order valence-electron chi connectivity index (χ3n) is 4.05. The molecule has 0 bridgehead atoms. The summed E-state index contributed by atoms with van der Waals surface area (Å²) in [6.07, 6.45) is 4.72. The van der Waals surface area contributed by atoms with Crippen LogP contribution in [-0.4, -0.2) is 25.8 Å². The minimum Gasteiger partial charge on any atom is -0.382 e. The first kappa shape index (κ1) is 17.3. The van der Waals surface area contributed by atoms with E-state index in [4.69, 9.17) is 5.73 Å². The van der Waals surface area contributed by atoms with E-state index in [1.807, 2.05) is 30.3 Å². The molecule has 0 aliphatic carbocycles. The number of nitrogen functional groups attached to an aromatic ring is 1. The molecule has 3 aromatic heterocycles. The van der Waals surface area contributed by atoms with Gasteiger partial charge in [0.05, 0.1) is 35.2 Å². The number of hydrogen-bond acceptors (Lipinski definition) is 7. The molecule has 0 spiro atoms. The van der Waals surface area contributed by atoms with Crippen LogP contribution in [0.4, 0.5) is 17.2 Å². The second-order valence-corrected chi connectivity index (χ2v) is 6.02. The van der Waals surface area contributed by atoms with Crippen LogP contribution in [0.5, 0.6) is 0 Å². The summed E-state index contributed by atoms with van der Waals surface area (Å²) in [4.78, 5) is 29.5. The number of nitrogens with zero attached hydrogens (tertiary/aromatic N) is 4. The summed E-state index contributed by atoms with van der Waals surface area (Å²) in [5.41, 5.74) is 9.57. The van der Waals surface area contributed by atoms with Gasteiger partial charge in [0.25, 0.3) is 5.91 Å². The molecule has 0 aliphatic rings. The fourth-order valence-corrected chi connectivity index (χ4v) is 2.67. The molecule has 4 aromatic rings. The van der Waals surface area contributed by atoms with Gasteiger partial charge in [-0.3, -0.25) is 14.8 Å². The number of pyridine rings is 2. The molecular formula is C20H17N7O. The number of carbonyl (C=O) groups is 1. The Morgan fingerprint density at radius 1 is 0.964 bits per heavy atom. The predicted molar refractivity (Wildman–Crippen MR) is 108 cm³/mol. The molecule has 138 valence electrons. The number of aromatic nitrogens is 4. The van der Waals surface area contributed by atoms with Crippen LogP contribution in [0.2, 0.25) is 0 Å². The molecule has 1 amide bonds. The number of nitrogens with two attached hydrogens (primary N) is 1. The SMILES string of the molecule is Nc1ncccc1NCc1cc(NC(=O)c2cnc3ccccc3n2)ccn1. The Bertz CT molecular complexity index is 1150. The minimum atomic E-state index is -0.333. The van der Waals surface area contributed by atoms with E-state index in [2.05, 4.69) is 30.6 Å². The molecule has 0 fully saturated rings. The maximum absolute atomic E-state index is 12.5. The first-order chi connectivity index (χ1) is 13.7. The van der Waals surface area contributed by atoms with E-state index in [0.717, 1.165) is 16.9 Å². The number of carbonyl (C=O) groups excluding carboxylic acids is 1. The molecule has 8 heteroatoms. The van der Waals surface area contributed by atoms with Gasteiger partial charge in [0.2, 0.25) is 0 Å². The van der Waals surface area contributed by atoms with Crippen molar-refractivity contribution >= 4 is 34.1 Å². The van der Waals surface area contributed by atoms with Crippen molar-refractivity contribution in [2.24, 2.45) is 0 Å². The fraction of sp³-hybridized carbons (Fsp3) is 0.0500. The molecule has 3 heterocycles. The maximum Gasteiger partial charge on any atom is 0.275 e. The van der Waals surface area contributed by atoms with Crippen LogP contribution in [0.15, 0.2) is 67.1 Å². The normalized spacial score (nSPS) is 10.6. The molecule has 0 radical (unpaired) electrons. The molecule has 28 heavy (non-hydrogen) atoms. The minimum absolute atomic E-state index is 0.248. The fourth-order valence-electron chi connectivity index (χ4n) is 2.67. The Kier molecular flexibility index (Phi) is 4.75. The molecule has 4 N–H and O–H groups in total. The number of para-hydroxylation sites is 2. The van der Waals surface area contributed by atoms with Crippen molar-refractivity contribution < 1.29 is 4.79 Å². The molecule has 0 aliphatic heterocycles. The molecule has 8 nitrogen and oxygen atoms in total. The van der Waals surface area contributed by atoms with E-state index in [1.165, 1.54) is 6.20 Å². The number of anilines is 3. The van der Waals surface area contributed by atoms with Crippen molar-refractivity contribution in [3.63, 3.8) is 0 Å². The summed E-state index contributed by atoms with van der Waals surface area (Å²) in [5.74, 6) is 0.0849. The number of amides is 1. The first-order valence-corrected chi connectivity index (χ1v) is 8.61. The lowest BCUT2D eigenvalue weighted by Gasteiger charge is -2.09. The van der Waals surface area contributed by atoms with Gasteiger partial charge in [-0.05, 0) is 36.4 Å². The average molecular weight is 371 g/mol. The van der Waals surface area contributed by atoms with E-state index >= 15 is 0 Å². The Hall–Kier alpha value is -4.07. The van der Waals surface area contributed by atoms with Crippen LogP contribution in [-0.2, 0) is 6.54 Å². The highest BCUT2D eigenvalue weighted by Gasteiger charge is 2.10. The predicted octanol–water partition coefficient (Wildman–Crippen LogP) is 2.87. The number of hydrogen-bond donors (Lipinski definition) is 3. The highest BCUT2D eigenvalue weighted by Crippen LogP contribution is 2.16. The van der Waals surface area contributed by atoms with E-state index in [9.17, 15) is 4.79 Å². The largest absolute Gasteiger partial charge is 0.382 e. The topological polar surface area (TPSA) is 119 Å². The lowest BCUT2D eigenvalue weighted by molar-refractivity contribution is 0.102. The quantitative estimate of drug-likeness (QED) is 0.493. The number of rotatable bonds is 5. The second kappa shape index (κ2) is 7.67. The molecule has 0 saturated heterocycles. The van der Waals surface area contributed by atoms with E-state index < -0.39 is 0 Å². The molecular weight excluding hydrogens is 354 g/mol. The van der Waals surface area contributed by atoms with Crippen molar-refractivity contribution in [1.29, 1.82) is 0 Å². The van der Waals surface area contributed by atoms with Crippen molar-refractivity contribution in [2.75, 3.05) is 16.4 Å². The monoisotopic (exact) mass is 371 g/mol. The standard InChI is InChI=1S/C20H17N7O/c21-19-17(6-3-8-23-19)24-11-14-10-13(7-9-22-14)26-20(28)18-12-25-15-4-1-2-5-16(15)27-18/h1-10,12,24H,11H2,(H2,21,23)(H,22,26,28). The van der Waals surface area contributed by atoms with E-state index in [1.54, 1.807) is 30.6 Å². The van der Waals surface area contributed by atoms with Gasteiger partial charge in [-0.1, -0.05) is 12.1 Å². The van der Waals surface area contributed by atoms with E-state index in [-0.39, 0.29) is 11.6 Å². The summed E-state index contributed by atoms with van der Waals surface area (Å²) >= 11 is 0. The highest BCUT2D eigenvalue weighted by atomic mass is 16.1. The van der Waals surface area contributed by atoms with Crippen LogP contribution in [0, 0.1) is 0 Å². The van der Waals surface area contributed by atoms with Crippen molar-refractivity contribution in [3.8, 4) is 0 Å². The van der Waals surface area contributed by atoms with Gasteiger partial charge < -0.3 is 16.4 Å². The van der Waals surface area contributed by atoms with Crippen LogP contribution in [0.1, 0.15) is 16.2 Å². The summed E-state index contributed by atoms with van der Waals surface area (Å²) in [7, 11) is 0. The molecule has 0 saturated carbocycles. The van der Waals surface area contributed by atoms with Gasteiger partial charge in [0, 0.05) is 18.1 Å². The van der Waals surface area contributed by atoms with Crippen molar-refractivity contribution in [2.45, 2.75) is 6.54 Å². The summed E-state index contributed by atoms with van der Waals surface area (Å²) in [5, 5.41) is 6.00. The van der Waals surface area contributed by atoms with Crippen molar-refractivity contribution in [1.82, 2.24) is 19.9 Å². The Morgan fingerprint density at radius 2 is 1.82 bits per heavy atom. The second-order valence-electron chi connectivity index (χ2n) is 6.02. The smallest absolute Gasteiger partial charge is 0.275 e. The third kappa shape index (κ3) is 3.85. The number of benzene rings is 1. The Balaban J connectivity index is 1.46. The van der Waals surface area contributed by atoms with Crippen LogP contribution < -0.4 is 16.4 Å². The third-order valence-corrected chi connectivity index (χ3v) is 4.05. The summed E-state index contributed by atoms with van der Waals surface area (Å²) in [6.45, 7) is 0.440.